The fourth-order valence-electron chi connectivity index (χ4n) is 2.30. The minimum absolute atomic E-state index is 0.00578. The first-order valence-corrected chi connectivity index (χ1v) is 9.17. The van der Waals surface area contributed by atoms with Crippen molar-refractivity contribution in [3.63, 3.8) is 0 Å². The van der Waals surface area contributed by atoms with Crippen LogP contribution in [0.15, 0.2) is 50.5 Å². The Morgan fingerprint density at radius 1 is 1.21 bits per heavy atom. The summed E-state index contributed by atoms with van der Waals surface area (Å²) in [4.78, 5) is 11.7. The molecular formula is C15H12Cl2N2O4S. The lowest BCUT2D eigenvalue weighted by Crippen LogP contribution is -2.14. The number of hydrogen-bond donors (Lipinski definition) is 1. The second-order valence-electron chi connectivity index (χ2n) is 4.97. The average molecular weight is 387 g/mol. The van der Waals surface area contributed by atoms with Crippen LogP contribution in [0.25, 0.3) is 11.1 Å². The van der Waals surface area contributed by atoms with E-state index >= 15 is 0 Å². The number of aryl methyl sites for hydroxylation is 1. The van der Waals surface area contributed by atoms with Gasteiger partial charge in [0.1, 0.15) is 0 Å². The summed E-state index contributed by atoms with van der Waals surface area (Å²) in [6, 6.07) is 8.72. The van der Waals surface area contributed by atoms with Gasteiger partial charge in [-0.25, -0.2) is 13.2 Å². The molecule has 1 N–H and O–H groups in total. The fourth-order valence-corrected chi connectivity index (χ4v) is 3.93. The first kappa shape index (κ1) is 16.9. The van der Waals surface area contributed by atoms with Crippen molar-refractivity contribution >= 4 is 50.0 Å². The van der Waals surface area contributed by atoms with Gasteiger partial charge in [-0.3, -0.25) is 9.29 Å². The van der Waals surface area contributed by atoms with E-state index in [1.807, 2.05) is 0 Å². The molecule has 126 valence electrons. The molecule has 9 heteroatoms. The van der Waals surface area contributed by atoms with Gasteiger partial charge in [0.05, 0.1) is 21.1 Å². The molecule has 2 aromatic carbocycles. The maximum atomic E-state index is 12.5. The van der Waals surface area contributed by atoms with Gasteiger partial charge >= 0.3 is 5.76 Å². The molecule has 0 fully saturated rings. The number of oxazole rings is 1. The van der Waals surface area contributed by atoms with Crippen LogP contribution in [0.1, 0.15) is 6.92 Å². The zero-order chi connectivity index (χ0) is 17.5. The van der Waals surface area contributed by atoms with Gasteiger partial charge < -0.3 is 4.42 Å². The van der Waals surface area contributed by atoms with Gasteiger partial charge in [0.2, 0.25) is 0 Å². The fraction of sp³-hybridized carbons (Fsp3) is 0.133. The van der Waals surface area contributed by atoms with Crippen LogP contribution in [0, 0.1) is 0 Å². The Balaban J connectivity index is 2.09. The Kier molecular flexibility index (Phi) is 4.33. The molecule has 0 spiro atoms. The second kappa shape index (κ2) is 6.16. The number of anilines is 1. The summed E-state index contributed by atoms with van der Waals surface area (Å²) in [5, 5.41) is 0.416. The molecule has 0 atom stereocenters. The van der Waals surface area contributed by atoms with Gasteiger partial charge in [-0.05, 0) is 31.2 Å². The monoisotopic (exact) mass is 386 g/mol. The number of sulfonamides is 1. The molecule has 0 saturated heterocycles. The molecule has 0 amide bonds. The topological polar surface area (TPSA) is 81.3 Å². The van der Waals surface area contributed by atoms with Gasteiger partial charge in [0.25, 0.3) is 10.0 Å². The molecule has 0 aliphatic rings. The molecule has 0 saturated carbocycles. The van der Waals surface area contributed by atoms with E-state index < -0.39 is 15.8 Å². The van der Waals surface area contributed by atoms with Gasteiger partial charge in [-0.15, -0.1) is 0 Å². The summed E-state index contributed by atoms with van der Waals surface area (Å²) >= 11 is 11.9. The molecule has 3 aromatic rings. The number of rotatable bonds is 4. The predicted molar refractivity (Wildman–Crippen MR) is 93.4 cm³/mol. The number of benzene rings is 2. The van der Waals surface area contributed by atoms with E-state index in [0.29, 0.717) is 17.1 Å². The van der Waals surface area contributed by atoms with Crippen molar-refractivity contribution in [2.45, 2.75) is 18.4 Å². The maximum absolute atomic E-state index is 12.5. The highest BCUT2D eigenvalue weighted by atomic mass is 35.5. The van der Waals surface area contributed by atoms with Crippen molar-refractivity contribution in [3.8, 4) is 0 Å². The number of hydrogen-bond acceptors (Lipinski definition) is 4. The van der Waals surface area contributed by atoms with Gasteiger partial charge in [0.15, 0.2) is 5.58 Å². The molecule has 1 heterocycles. The summed E-state index contributed by atoms with van der Waals surface area (Å²) in [5.41, 5.74) is 0.889. The highest BCUT2D eigenvalue weighted by molar-refractivity contribution is 7.92. The van der Waals surface area contributed by atoms with Gasteiger partial charge in [0, 0.05) is 17.6 Å². The minimum Gasteiger partial charge on any atom is -0.408 e. The van der Waals surface area contributed by atoms with Crippen LogP contribution < -0.4 is 10.5 Å². The molecule has 0 unspecified atom stereocenters. The van der Waals surface area contributed by atoms with Crippen LogP contribution in [0.2, 0.25) is 10.0 Å². The van der Waals surface area contributed by atoms with E-state index in [9.17, 15) is 13.2 Å². The van der Waals surface area contributed by atoms with E-state index in [0.717, 1.165) is 0 Å². The molecule has 1 aromatic heterocycles. The van der Waals surface area contributed by atoms with Gasteiger partial charge in [-0.2, -0.15) is 0 Å². The Hall–Kier alpha value is -1.96. The number of nitrogens with one attached hydrogen (secondary N) is 1. The molecule has 6 nitrogen and oxygen atoms in total. The summed E-state index contributed by atoms with van der Waals surface area (Å²) in [7, 11) is -3.88. The molecule has 3 rings (SSSR count). The van der Waals surface area contributed by atoms with Crippen LogP contribution in [0.5, 0.6) is 0 Å². The molecule has 0 bridgehead atoms. The van der Waals surface area contributed by atoms with Crippen LogP contribution in [0.3, 0.4) is 0 Å². The van der Waals surface area contributed by atoms with Crippen molar-refractivity contribution in [1.82, 2.24) is 4.57 Å². The Morgan fingerprint density at radius 3 is 2.62 bits per heavy atom. The highest BCUT2D eigenvalue weighted by Gasteiger charge is 2.18. The zero-order valence-corrected chi connectivity index (χ0v) is 14.7. The summed E-state index contributed by atoms with van der Waals surface area (Å²) in [6.45, 7) is 2.16. The van der Waals surface area contributed by atoms with Crippen LogP contribution in [-0.4, -0.2) is 13.0 Å². The molecule has 0 radical (unpaired) electrons. The molecule has 24 heavy (non-hydrogen) atoms. The Bertz CT molecular complexity index is 1090. The number of nitrogens with zero attached hydrogens (tertiary/aromatic N) is 1. The number of aromatic nitrogens is 1. The third-order valence-electron chi connectivity index (χ3n) is 3.42. The molecule has 0 aliphatic heterocycles. The van der Waals surface area contributed by atoms with E-state index in [1.54, 1.807) is 13.0 Å². The zero-order valence-electron chi connectivity index (χ0n) is 12.4. The van der Waals surface area contributed by atoms with Crippen molar-refractivity contribution in [3.05, 3.63) is 57.0 Å². The Morgan fingerprint density at radius 2 is 1.96 bits per heavy atom. The largest absolute Gasteiger partial charge is 0.419 e. The van der Waals surface area contributed by atoms with E-state index in [-0.39, 0.29) is 21.2 Å². The third kappa shape index (κ3) is 3.02. The first-order valence-electron chi connectivity index (χ1n) is 6.93. The minimum atomic E-state index is -3.88. The maximum Gasteiger partial charge on any atom is 0.419 e. The van der Waals surface area contributed by atoms with Crippen molar-refractivity contribution in [1.29, 1.82) is 0 Å². The second-order valence-corrected chi connectivity index (χ2v) is 7.50. The van der Waals surface area contributed by atoms with E-state index in [1.165, 1.54) is 34.9 Å². The lowest BCUT2D eigenvalue weighted by Gasteiger charge is -2.10. The van der Waals surface area contributed by atoms with Crippen LogP contribution in [0.4, 0.5) is 5.69 Å². The highest BCUT2D eigenvalue weighted by Crippen LogP contribution is 2.30. The van der Waals surface area contributed by atoms with Crippen molar-refractivity contribution in [2.24, 2.45) is 0 Å². The summed E-state index contributed by atoms with van der Waals surface area (Å²) < 4.78 is 33.8. The van der Waals surface area contributed by atoms with Gasteiger partial charge in [-0.1, -0.05) is 29.3 Å². The number of fused-ring (bicyclic) bond motifs is 1. The lowest BCUT2D eigenvalue weighted by atomic mass is 10.3. The summed E-state index contributed by atoms with van der Waals surface area (Å²) in [5.74, 6) is -0.529. The summed E-state index contributed by atoms with van der Waals surface area (Å²) in [6.07, 6.45) is 0. The SMILES string of the molecule is CCn1c(=O)oc2cc(Cl)c(NS(=O)(=O)c3cccc(Cl)c3)cc21. The quantitative estimate of drug-likeness (QED) is 0.740. The molecular weight excluding hydrogens is 375 g/mol. The predicted octanol–water partition coefficient (Wildman–Crippen LogP) is 3.72. The van der Waals surface area contributed by atoms with Crippen LogP contribution >= 0.6 is 23.2 Å². The smallest absolute Gasteiger partial charge is 0.408 e. The number of halogens is 2. The molecule has 0 aliphatic carbocycles. The Labute approximate surface area is 147 Å². The normalized spacial score (nSPS) is 11.8. The van der Waals surface area contributed by atoms with Crippen molar-refractivity contribution in [2.75, 3.05) is 4.72 Å². The first-order chi connectivity index (χ1) is 11.3. The third-order valence-corrected chi connectivity index (χ3v) is 5.33. The van der Waals surface area contributed by atoms with E-state index in [2.05, 4.69) is 4.72 Å². The average Bonchev–Trinajstić information content (AvgIpc) is 2.81. The lowest BCUT2D eigenvalue weighted by molar-refractivity contribution is 0.513. The standard InChI is InChI=1S/C15H12Cl2N2O4S/c1-2-19-13-8-12(11(17)7-14(13)23-15(19)20)18-24(21,22)10-5-3-4-9(16)6-10/h3-8,18H,2H2,1H3. The van der Waals surface area contributed by atoms with E-state index in [4.69, 9.17) is 27.6 Å². The van der Waals surface area contributed by atoms with Crippen LogP contribution in [-0.2, 0) is 16.6 Å². The van der Waals surface area contributed by atoms with Crippen molar-refractivity contribution < 1.29 is 12.8 Å².